The van der Waals surface area contributed by atoms with Crippen LogP contribution in [0.25, 0.3) is 0 Å². The molecule has 0 spiro atoms. The zero-order chi connectivity index (χ0) is 24.0. The summed E-state index contributed by atoms with van der Waals surface area (Å²) in [5, 5.41) is 0. The Bertz CT molecular complexity index is 1140. The van der Waals surface area contributed by atoms with Gasteiger partial charge in [-0.05, 0) is 30.5 Å². The summed E-state index contributed by atoms with van der Waals surface area (Å²) in [5.41, 5.74) is -1.74. The van der Waals surface area contributed by atoms with E-state index in [4.69, 9.17) is 0 Å². The minimum absolute atomic E-state index is 0.0403. The lowest BCUT2D eigenvalue weighted by molar-refractivity contribution is -0.135. The summed E-state index contributed by atoms with van der Waals surface area (Å²) in [6, 6.07) is 5.87. The number of carbonyl (C=O) groups excluding carboxylic acids is 1. The highest BCUT2D eigenvalue weighted by Crippen LogP contribution is 2.24. The summed E-state index contributed by atoms with van der Waals surface area (Å²) < 4.78 is 15.9. The first-order chi connectivity index (χ1) is 15.9. The van der Waals surface area contributed by atoms with E-state index < -0.39 is 29.5 Å². The molecule has 1 heterocycles. The van der Waals surface area contributed by atoms with Crippen molar-refractivity contribution >= 4 is 5.91 Å². The molecule has 1 aromatic carbocycles. The second-order valence-electron chi connectivity index (χ2n) is 8.17. The van der Waals surface area contributed by atoms with Crippen LogP contribution >= 0.6 is 0 Å². The molecule has 1 aliphatic carbocycles. The van der Waals surface area contributed by atoms with Gasteiger partial charge in [-0.25, -0.2) is 32.5 Å². The average molecular weight is 457 g/mol. The second kappa shape index (κ2) is 10.9. The Balaban J connectivity index is 2.00. The van der Waals surface area contributed by atoms with Gasteiger partial charge >= 0.3 is 17.1 Å². The van der Waals surface area contributed by atoms with E-state index in [9.17, 15) is 23.6 Å². The third kappa shape index (κ3) is 5.47. The normalized spacial score (nSPS) is 14.1. The monoisotopic (exact) mass is 456 g/mol. The first-order valence-corrected chi connectivity index (χ1v) is 11.1. The lowest BCUT2D eigenvalue weighted by Gasteiger charge is -2.34. The minimum atomic E-state index is -0.857. The molecule has 2 aromatic rings. The van der Waals surface area contributed by atoms with Crippen molar-refractivity contribution in [2.75, 3.05) is 0 Å². The number of carbonyl (C=O) groups is 1. The van der Waals surface area contributed by atoms with Crippen LogP contribution in [0.4, 0.5) is 4.39 Å². The van der Waals surface area contributed by atoms with Crippen LogP contribution in [-0.2, 0) is 31.0 Å². The standard InChI is InChI=1S/C24H29FN4O4/c1-3-14-26-22(31)27(15-4-2)24(33)29(23(26)32)17-21(30)28(20-8-6-5-7-9-20)16-18-10-12-19(25)13-11-18/h3-4,10-13,20H,1-2,5-9,14-17H2. The van der Waals surface area contributed by atoms with Crippen molar-refractivity contribution in [3.05, 3.63) is 92.4 Å². The van der Waals surface area contributed by atoms with Crippen molar-refractivity contribution in [1.29, 1.82) is 0 Å². The van der Waals surface area contributed by atoms with Crippen molar-refractivity contribution in [2.45, 2.75) is 64.3 Å². The highest BCUT2D eigenvalue weighted by atomic mass is 19.1. The molecule has 0 radical (unpaired) electrons. The van der Waals surface area contributed by atoms with Gasteiger partial charge in [0.15, 0.2) is 0 Å². The molecule has 3 rings (SSSR count). The zero-order valence-electron chi connectivity index (χ0n) is 18.6. The van der Waals surface area contributed by atoms with Crippen molar-refractivity contribution in [3.63, 3.8) is 0 Å². The summed E-state index contributed by atoms with van der Waals surface area (Å²) in [7, 11) is 0. The Kier molecular flexibility index (Phi) is 7.97. The highest BCUT2D eigenvalue weighted by molar-refractivity contribution is 5.76. The minimum Gasteiger partial charge on any atom is -0.334 e. The molecule has 0 unspecified atom stereocenters. The van der Waals surface area contributed by atoms with E-state index in [-0.39, 0.29) is 31.5 Å². The number of hydrogen-bond acceptors (Lipinski definition) is 4. The molecule has 176 valence electrons. The fourth-order valence-electron chi connectivity index (χ4n) is 4.21. The van der Waals surface area contributed by atoms with E-state index in [0.29, 0.717) is 0 Å². The zero-order valence-corrected chi connectivity index (χ0v) is 18.6. The number of rotatable bonds is 9. The van der Waals surface area contributed by atoms with Crippen LogP contribution in [0.2, 0.25) is 0 Å². The van der Waals surface area contributed by atoms with Gasteiger partial charge < -0.3 is 4.90 Å². The smallest absolute Gasteiger partial charge is 0.334 e. The van der Waals surface area contributed by atoms with Gasteiger partial charge in [-0.2, -0.15) is 0 Å². The number of halogens is 1. The summed E-state index contributed by atoms with van der Waals surface area (Å²) in [6.07, 6.45) is 7.44. The molecule has 1 aliphatic rings. The number of hydrogen-bond donors (Lipinski definition) is 0. The van der Waals surface area contributed by atoms with E-state index in [1.54, 1.807) is 17.0 Å². The number of amides is 1. The van der Waals surface area contributed by atoms with Gasteiger partial charge in [0.2, 0.25) is 5.91 Å². The Morgan fingerprint density at radius 2 is 1.42 bits per heavy atom. The molecule has 0 N–H and O–H groups in total. The van der Waals surface area contributed by atoms with E-state index in [0.717, 1.165) is 51.4 Å². The lowest BCUT2D eigenvalue weighted by Crippen LogP contribution is -2.56. The summed E-state index contributed by atoms with van der Waals surface area (Å²) in [5.74, 6) is -0.771. The predicted octanol–water partition coefficient (Wildman–Crippen LogP) is 2.04. The molecule has 1 saturated carbocycles. The number of aromatic nitrogens is 3. The number of benzene rings is 1. The van der Waals surface area contributed by atoms with Gasteiger partial charge in [0.05, 0.1) is 13.1 Å². The molecule has 8 nitrogen and oxygen atoms in total. The molecule has 0 aliphatic heterocycles. The van der Waals surface area contributed by atoms with Crippen LogP contribution in [0.3, 0.4) is 0 Å². The van der Waals surface area contributed by atoms with Crippen LogP contribution in [0.5, 0.6) is 0 Å². The van der Waals surface area contributed by atoms with Crippen molar-refractivity contribution in [1.82, 2.24) is 18.6 Å². The molecule has 0 saturated heterocycles. The van der Waals surface area contributed by atoms with Gasteiger partial charge in [-0.3, -0.25) is 4.79 Å². The Labute approximate surface area is 190 Å². The molecule has 0 atom stereocenters. The fraction of sp³-hybridized carbons (Fsp3) is 0.417. The average Bonchev–Trinajstić information content (AvgIpc) is 2.82. The molecule has 0 bridgehead atoms. The summed E-state index contributed by atoms with van der Waals surface area (Å²) >= 11 is 0. The van der Waals surface area contributed by atoms with Gasteiger partial charge in [0, 0.05) is 12.6 Å². The van der Waals surface area contributed by atoms with Gasteiger partial charge in [0.1, 0.15) is 12.4 Å². The highest BCUT2D eigenvalue weighted by Gasteiger charge is 2.27. The maximum Gasteiger partial charge on any atom is 0.337 e. The summed E-state index contributed by atoms with van der Waals surface area (Å²) in [4.78, 5) is 53.5. The summed E-state index contributed by atoms with van der Waals surface area (Å²) in [6.45, 7) is 6.67. The third-order valence-electron chi connectivity index (χ3n) is 5.90. The first kappa shape index (κ1) is 24.2. The van der Waals surface area contributed by atoms with Crippen molar-refractivity contribution in [2.24, 2.45) is 0 Å². The molecule has 1 fully saturated rings. The molecule has 9 heteroatoms. The number of allylic oxidation sites excluding steroid dienone is 2. The molecule has 33 heavy (non-hydrogen) atoms. The Hall–Kier alpha value is -3.49. The van der Waals surface area contributed by atoms with Gasteiger partial charge in [-0.1, -0.05) is 43.5 Å². The molecule has 1 aromatic heterocycles. The van der Waals surface area contributed by atoms with E-state index in [2.05, 4.69) is 13.2 Å². The van der Waals surface area contributed by atoms with Crippen molar-refractivity contribution < 1.29 is 9.18 Å². The Morgan fingerprint density at radius 3 is 1.94 bits per heavy atom. The third-order valence-corrected chi connectivity index (χ3v) is 5.90. The quantitative estimate of drug-likeness (QED) is 0.541. The van der Waals surface area contributed by atoms with Gasteiger partial charge in [-0.15, -0.1) is 13.2 Å². The predicted molar refractivity (Wildman–Crippen MR) is 123 cm³/mol. The lowest BCUT2D eigenvalue weighted by atomic mass is 9.93. The first-order valence-electron chi connectivity index (χ1n) is 11.1. The molecule has 1 amide bonds. The Morgan fingerprint density at radius 1 is 0.909 bits per heavy atom. The largest absolute Gasteiger partial charge is 0.337 e. The SMILES string of the molecule is C=CCn1c(=O)n(CC=C)c(=O)n(CC(=O)N(Cc2ccc(F)cc2)C2CCCCC2)c1=O. The van der Waals surface area contributed by atoms with Crippen LogP contribution in [0, 0.1) is 5.82 Å². The second-order valence-corrected chi connectivity index (χ2v) is 8.17. The fourth-order valence-corrected chi connectivity index (χ4v) is 4.21. The van der Waals surface area contributed by atoms with E-state index >= 15 is 0 Å². The van der Waals surface area contributed by atoms with Crippen molar-refractivity contribution in [3.8, 4) is 0 Å². The van der Waals surface area contributed by atoms with Gasteiger partial charge in [0.25, 0.3) is 0 Å². The van der Waals surface area contributed by atoms with E-state index in [1.807, 2.05) is 0 Å². The van der Waals surface area contributed by atoms with E-state index in [1.165, 1.54) is 24.3 Å². The maximum absolute atomic E-state index is 13.4. The van der Waals surface area contributed by atoms with Crippen LogP contribution < -0.4 is 17.1 Å². The number of nitrogens with zero attached hydrogens (tertiary/aromatic N) is 4. The van der Waals surface area contributed by atoms with Crippen LogP contribution in [-0.4, -0.2) is 30.6 Å². The maximum atomic E-state index is 13.4. The topological polar surface area (TPSA) is 86.3 Å². The van der Waals surface area contributed by atoms with Crippen LogP contribution in [0.1, 0.15) is 37.7 Å². The van der Waals surface area contributed by atoms with Crippen LogP contribution in [0.15, 0.2) is 64.0 Å². The molecular formula is C24H29FN4O4. The molecular weight excluding hydrogens is 427 g/mol.